The molecule has 2 aliphatic carbocycles. The summed E-state index contributed by atoms with van der Waals surface area (Å²) in [5, 5.41) is 8.05. The molecule has 0 saturated heterocycles. The fraction of sp³-hybridized carbons (Fsp3) is 0.429. The van der Waals surface area contributed by atoms with Crippen LogP contribution in [0.1, 0.15) is 44.9 Å². The zero-order valence-corrected chi connectivity index (χ0v) is 16.0. The van der Waals surface area contributed by atoms with Crippen LogP contribution in [0.25, 0.3) is 16.9 Å². The number of aromatic nitrogens is 3. The summed E-state index contributed by atoms with van der Waals surface area (Å²) in [6.07, 6.45) is 12.6. The molecule has 3 aromatic rings. The van der Waals surface area contributed by atoms with E-state index in [0.29, 0.717) is 12.1 Å². The summed E-state index contributed by atoms with van der Waals surface area (Å²) in [6, 6.07) is 8.96. The van der Waals surface area contributed by atoms with Crippen molar-refractivity contribution in [2.75, 3.05) is 10.6 Å². The second-order valence-electron chi connectivity index (χ2n) is 7.68. The molecule has 2 fully saturated rings. The Balaban J connectivity index is 1.61. The minimum absolute atomic E-state index is 0.498. The Hall–Kier alpha value is -2.27. The van der Waals surface area contributed by atoms with Gasteiger partial charge in [-0.25, -0.2) is 9.97 Å². The Labute approximate surface area is 164 Å². The van der Waals surface area contributed by atoms with Crippen molar-refractivity contribution in [2.24, 2.45) is 0 Å². The SMILES string of the molecule is Clc1ccc(-c2nc3c(NC4CC4)nccn3c2NC2CCCCC2)cc1. The fourth-order valence-corrected chi connectivity index (χ4v) is 4.01. The van der Waals surface area contributed by atoms with Gasteiger partial charge in [-0.3, -0.25) is 4.40 Å². The maximum atomic E-state index is 6.10. The van der Waals surface area contributed by atoms with Crippen LogP contribution in [-0.4, -0.2) is 26.5 Å². The van der Waals surface area contributed by atoms with E-state index in [2.05, 4.69) is 20.0 Å². The summed E-state index contributed by atoms with van der Waals surface area (Å²) in [4.78, 5) is 9.54. The molecule has 0 radical (unpaired) electrons. The molecule has 140 valence electrons. The zero-order chi connectivity index (χ0) is 18.2. The number of hydrogen-bond donors (Lipinski definition) is 2. The van der Waals surface area contributed by atoms with Gasteiger partial charge in [0, 0.05) is 35.1 Å². The summed E-state index contributed by atoms with van der Waals surface area (Å²) in [6.45, 7) is 0. The second-order valence-corrected chi connectivity index (χ2v) is 8.12. The van der Waals surface area contributed by atoms with Crippen LogP contribution in [0.4, 0.5) is 11.6 Å². The highest BCUT2D eigenvalue weighted by molar-refractivity contribution is 6.30. The normalized spacial score (nSPS) is 18.0. The van der Waals surface area contributed by atoms with Gasteiger partial charge in [-0.05, 0) is 37.8 Å². The van der Waals surface area contributed by atoms with Gasteiger partial charge in [-0.1, -0.05) is 43.0 Å². The monoisotopic (exact) mass is 381 g/mol. The lowest BCUT2D eigenvalue weighted by Crippen LogP contribution is -2.23. The fourth-order valence-electron chi connectivity index (χ4n) is 3.89. The summed E-state index contributed by atoms with van der Waals surface area (Å²) in [5.41, 5.74) is 2.91. The van der Waals surface area contributed by atoms with Gasteiger partial charge in [0.25, 0.3) is 0 Å². The van der Waals surface area contributed by atoms with E-state index in [1.807, 2.05) is 36.7 Å². The molecule has 2 heterocycles. The number of nitrogens with one attached hydrogen (secondary N) is 2. The quantitative estimate of drug-likeness (QED) is 0.623. The molecular weight excluding hydrogens is 358 g/mol. The largest absolute Gasteiger partial charge is 0.367 e. The van der Waals surface area contributed by atoms with E-state index < -0.39 is 0 Å². The van der Waals surface area contributed by atoms with E-state index in [-0.39, 0.29) is 0 Å². The van der Waals surface area contributed by atoms with Gasteiger partial charge < -0.3 is 10.6 Å². The molecular formula is C21H24ClN5. The van der Waals surface area contributed by atoms with E-state index in [1.165, 1.54) is 44.9 Å². The lowest BCUT2D eigenvalue weighted by Gasteiger charge is -2.24. The maximum absolute atomic E-state index is 6.10. The molecule has 0 spiro atoms. The summed E-state index contributed by atoms with van der Waals surface area (Å²) in [7, 11) is 0. The van der Waals surface area contributed by atoms with E-state index >= 15 is 0 Å². The molecule has 1 aromatic carbocycles. The summed E-state index contributed by atoms with van der Waals surface area (Å²) >= 11 is 6.10. The first-order valence-electron chi connectivity index (χ1n) is 9.94. The number of hydrogen-bond acceptors (Lipinski definition) is 4. The number of fused-ring (bicyclic) bond motifs is 1. The highest BCUT2D eigenvalue weighted by atomic mass is 35.5. The van der Waals surface area contributed by atoms with Gasteiger partial charge in [0.2, 0.25) is 0 Å². The summed E-state index contributed by atoms with van der Waals surface area (Å²) in [5.74, 6) is 1.92. The topological polar surface area (TPSA) is 54.2 Å². The molecule has 0 amide bonds. The third-order valence-corrected chi connectivity index (χ3v) is 5.78. The molecule has 5 rings (SSSR count). The van der Waals surface area contributed by atoms with Gasteiger partial charge in [-0.2, -0.15) is 0 Å². The number of rotatable bonds is 5. The van der Waals surface area contributed by atoms with Crippen molar-refractivity contribution < 1.29 is 0 Å². The number of benzene rings is 1. The number of nitrogens with zero attached hydrogens (tertiary/aromatic N) is 3. The minimum Gasteiger partial charge on any atom is -0.367 e. The van der Waals surface area contributed by atoms with Crippen molar-refractivity contribution in [3.63, 3.8) is 0 Å². The van der Waals surface area contributed by atoms with Crippen LogP contribution in [-0.2, 0) is 0 Å². The molecule has 27 heavy (non-hydrogen) atoms. The molecule has 2 aliphatic rings. The lowest BCUT2D eigenvalue weighted by molar-refractivity contribution is 0.462. The first kappa shape index (κ1) is 16.9. The minimum atomic E-state index is 0.498. The highest BCUT2D eigenvalue weighted by Crippen LogP contribution is 2.34. The van der Waals surface area contributed by atoms with Gasteiger partial charge in [0.1, 0.15) is 11.5 Å². The number of halogens is 1. The molecule has 0 aliphatic heterocycles. The molecule has 0 unspecified atom stereocenters. The van der Waals surface area contributed by atoms with Crippen LogP contribution in [0.5, 0.6) is 0 Å². The molecule has 0 atom stereocenters. The van der Waals surface area contributed by atoms with E-state index in [9.17, 15) is 0 Å². The third-order valence-electron chi connectivity index (χ3n) is 5.52. The van der Waals surface area contributed by atoms with Crippen molar-refractivity contribution in [1.29, 1.82) is 0 Å². The number of imidazole rings is 1. The van der Waals surface area contributed by atoms with Crippen molar-refractivity contribution in [3.05, 3.63) is 41.7 Å². The summed E-state index contributed by atoms with van der Waals surface area (Å²) < 4.78 is 2.15. The predicted molar refractivity (Wildman–Crippen MR) is 111 cm³/mol. The standard InChI is InChI=1S/C21H24ClN5/c22-15-8-6-14(7-9-15)18-20(25-16-4-2-1-3-5-16)27-13-12-23-19(21(27)26-18)24-17-10-11-17/h6-9,12-13,16-17,25H,1-5,10-11H2,(H,23,24). The molecule has 0 bridgehead atoms. The van der Waals surface area contributed by atoms with Gasteiger partial charge in [-0.15, -0.1) is 0 Å². The van der Waals surface area contributed by atoms with Crippen molar-refractivity contribution in [1.82, 2.24) is 14.4 Å². The number of anilines is 2. The Morgan fingerprint density at radius 2 is 1.67 bits per heavy atom. The van der Waals surface area contributed by atoms with Crippen LogP contribution in [0.15, 0.2) is 36.7 Å². The first-order valence-corrected chi connectivity index (χ1v) is 10.3. The average Bonchev–Trinajstić information content (AvgIpc) is 3.44. The highest BCUT2D eigenvalue weighted by Gasteiger charge is 2.25. The zero-order valence-electron chi connectivity index (χ0n) is 15.3. The predicted octanol–water partition coefficient (Wildman–Crippen LogP) is 5.37. The molecule has 2 N–H and O–H groups in total. The third kappa shape index (κ3) is 3.48. The smallest absolute Gasteiger partial charge is 0.182 e. The van der Waals surface area contributed by atoms with Crippen LogP contribution < -0.4 is 10.6 Å². The van der Waals surface area contributed by atoms with Gasteiger partial charge >= 0.3 is 0 Å². The lowest BCUT2D eigenvalue weighted by atomic mass is 9.95. The van der Waals surface area contributed by atoms with Crippen LogP contribution in [0.3, 0.4) is 0 Å². The van der Waals surface area contributed by atoms with E-state index in [1.54, 1.807) is 0 Å². The van der Waals surface area contributed by atoms with Crippen molar-refractivity contribution >= 4 is 28.9 Å². The van der Waals surface area contributed by atoms with Crippen molar-refractivity contribution in [2.45, 2.75) is 57.0 Å². The molecule has 2 saturated carbocycles. The van der Waals surface area contributed by atoms with Gasteiger partial charge in [0.15, 0.2) is 11.5 Å². The first-order chi connectivity index (χ1) is 13.3. The van der Waals surface area contributed by atoms with Crippen LogP contribution in [0.2, 0.25) is 5.02 Å². The Bertz CT molecular complexity index is 939. The van der Waals surface area contributed by atoms with E-state index in [4.69, 9.17) is 16.6 Å². The molecule has 6 heteroatoms. The Morgan fingerprint density at radius 3 is 2.41 bits per heavy atom. The maximum Gasteiger partial charge on any atom is 0.182 e. The van der Waals surface area contributed by atoms with Gasteiger partial charge in [0.05, 0.1) is 0 Å². The van der Waals surface area contributed by atoms with Crippen LogP contribution >= 0.6 is 11.6 Å². The van der Waals surface area contributed by atoms with Crippen LogP contribution in [0, 0.1) is 0 Å². The molecule has 2 aromatic heterocycles. The molecule has 5 nitrogen and oxygen atoms in total. The second kappa shape index (κ2) is 7.04. The Morgan fingerprint density at radius 1 is 0.926 bits per heavy atom. The Kier molecular flexibility index (Phi) is 4.40. The van der Waals surface area contributed by atoms with E-state index in [0.717, 1.165) is 33.6 Å². The van der Waals surface area contributed by atoms with Crippen molar-refractivity contribution in [3.8, 4) is 11.3 Å². The average molecular weight is 382 g/mol.